The van der Waals surface area contributed by atoms with Crippen LogP contribution in [0.5, 0.6) is 0 Å². The van der Waals surface area contributed by atoms with Gasteiger partial charge in [-0.25, -0.2) is 0 Å². The highest BCUT2D eigenvalue weighted by Gasteiger charge is 2.15. The molecule has 118 valence electrons. The van der Waals surface area contributed by atoms with Crippen LogP contribution < -0.4 is 0 Å². The minimum absolute atomic E-state index is 0.0951. The minimum atomic E-state index is -0.0951. The number of furan rings is 2. The van der Waals surface area contributed by atoms with Crippen LogP contribution in [0, 0.1) is 0 Å². The molecule has 3 heterocycles. The Morgan fingerprint density at radius 1 is 1.09 bits per heavy atom. The SMILES string of the molecule is O=C(/C=C/c1ccc(Br)s1)N(Cc1ccco1)Cc1ccco1. The van der Waals surface area contributed by atoms with Crippen molar-refractivity contribution >= 4 is 39.2 Å². The number of rotatable bonds is 6. The molecule has 1 amide bonds. The topological polar surface area (TPSA) is 46.6 Å². The Kier molecular flexibility index (Phi) is 5.15. The van der Waals surface area contributed by atoms with Gasteiger partial charge in [-0.2, -0.15) is 0 Å². The molecule has 0 radical (unpaired) electrons. The van der Waals surface area contributed by atoms with Gasteiger partial charge in [-0.3, -0.25) is 4.79 Å². The monoisotopic (exact) mass is 391 g/mol. The van der Waals surface area contributed by atoms with Crippen LogP contribution in [0.4, 0.5) is 0 Å². The van der Waals surface area contributed by atoms with Crippen molar-refractivity contribution in [2.45, 2.75) is 13.1 Å². The maximum absolute atomic E-state index is 12.5. The Hall–Kier alpha value is -2.05. The molecule has 0 aliphatic heterocycles. The summed E-state index contributed by atoms with van der Waals surface area (Å²) in [5, 5.41) is 0. The summed E-state index contributed by atoms with van der Waals surface area (Å²) in [6.45, 7) is 0.788. The molecule has 0 atom stereocenters. The van der Waals surface area contributed by atoms with Gasteiger partial charge in [-0.1, -0.05) is 0 Å². The summed E-state index contributed by atoms with van der Waals surface area (Å²) in [5.41, 5.74) is 0. The largest absolute Gasteiger partial charge is 0.467 e. The van der Waals surface area contributed by atoms with E-state index in [1.165, 1.54) is 0 Å². The molecule has 3 aromatic heterocycles. The van der Waals surface area contributed by atoms with Crippen LogP contribution >= 0.6 is 27.3 Å². The van der Waals surface area contributed by atoms with E-state index in [1.54, 1.807) is 34.8 Å². The van der Waals surface area contributed by atoms with Crippen LogP contribution in [0.3, 0.4) is 0 Å². The van der Waals surface area contributed by atoms with Gasteiger partial charge in [-0.15, -0.1) is 11.3 Å². The Bertz CT molecular complexity index is 738. The van der Waals surface area contributed by atoms with E-state index in [9.17, 15) is 4.79 Å². The van der Waals surface area contributed by atoms with Gasteiger partial charge < -0.3 is 13.7 Å². The standard InChI is InChI=1S/C17H14BrNO3S/c18-16-7-5-15(23-16)6-8-17(20)19(11-13-3-1-9-21-13)12-14-4-2-10-22-14/h1-10H,11-12H2/b8-6+. The summed E-state index contributed by atoms with van der Waals surface area (Å²) in [6, 6.07) is 11.2. The molecule has 0 bridgehead atoms. The van der Waals surface area contributed by atoms with Crippen LogP contribution in [0.1, 0.15) is 16.4 Å². The van der Waals surface area contributed by atoms with Crippen LogP contribution in [0.2, 0.25) is 0 Å². The molecular formula is C17H14BrNO3S. The zero-order valence-corrected chi connectivity index (χ0v) is 14.5. The quantitative estimate of drug-likeness (QED) is 0.559. The molecule has 6 heteroatoms. The van der Waals surface area contributed by atoms with Crippen molar-refractivity contribution in [3.8, 4) is 0 Å². The first-order valence-electron chi connectivity index (χ1n) is 6.98. The summed E-state index contributed by atoms with van der Waals surface area (Å²) < 4.78 is 11.7. The fraction of sp³-hybridized carbons (Fsp3) is 0.118. The highest BCUT2D eigenvalue weighted by molar-refractivity contribution is 9.11. The highest BCUT2D eigenvalue weighted by atomic mass is 79.9. The first-order chi connectivity index (χ1) is 11.2. The highest BCUT2D eigenvalue weighted by Crippen LogP contribution is 2.23. The second-order valence-corrected chi connectivity index (χ2v) is 7.32. The lowest BCUT2D eigenvalue weighted by Crippen LogP contribution is -2.28. The summed E-state index contributed by atoms with van der Waals surface area (Å²) in [5.74, 6) is 1.37. The van der Waals surface area contributed by atoms with Crippen molar-refractivity contribution in [3.63, 3.8) is 0 Å². The van der Waals surface area contributed by atoms with Gasteiger partial charge in [0.1, 0.15) is 11.5 Å². The third-order valence-electron chi connectivity index (χ3n) is 3.15. The summed E-state index contributed by atoms with van der Waals surface area (Å²) in [7, 11) is 0. The summed E-state index contributed by atoms with van der Waals surface area (Å²) >= 11 is 4.99. The first-order valence-corrected chi connectivity index (χ1v) is 8.59. The van der Waals surface area contributed by atoms with Crippen LogP contribution in [0.25, 0.3) is 6.08 Å². The number of nitrogens with zero attached hydrogens (tertiary/aromatic N) is 1. The van der Waals surface area contributed by atoms with Gasteiger partial charge in [0.25, 0.3) is 0 Å². The van der Waals surface area contributed by atoms with Gasteiger partial charge in [0.05, 0.1) is 29.4 Å². The van der Waals surface area contributed by atoms with E-state index >= 15 is 0 Å². The molecule has 0 fully saturated rings. The Balaban J connectivity index is 1.73. The lowest BCUT2D eigenvalue weighted by Gasteiger charge is -2.18. The molecule has 0 saturated heterocycles. The van der Waals surface area contributed by atoms with E-state index in [1.807, 2.05) is 42.5 Å². The van der Waals surface area contributed by atoms with Crippen molar-refractivity contribution in [2.75, 3.05) is 0 Å². The second-order valence-electron chi connectivity index (χ2n) is 4.83. The molecule has 0 unspecified atom stereocenters. The number of thiophene rings is 1. The third kappa shape index (κ3) is 4.46. The lowest BCUT2D eigenvalue weighted by atomic mass is 10.3. The Labute approximate surface area is 146 Å². The van der Waals surface area contributed by atoms with E-state index < -0.39 is 0 Å². The number of carbonyl (C=O) groups excluding carboxylic acids is 1. The Morgan fingerprint density at radius 2 is 1.74 bits per heavy atom. The zero-order chi connectivity index (χ0) is 16.1. The number of carbonyl (C=O) groups is 1. The lowest BCUT2D eigenvalue weighted by molar-refractivity contribution is -0.127. The fourth-order valence-electron chi connectivity index (χ4n) is 2.07. The van der Waals surface area contributed by atoms with Crippen molar-refractivity contribution < 1.29 is 13.6 Å². The van der Waals surface area contributed by atoms with Gasteiger partial charge in [0, 0.05) is 11.0 Å². The molecule has 0 aromatic carbocycles. The molecule has 23 heavy (non-hydrogen) atoms. The molecule has 3 rings (SSSR count). The van der Waals surface area contributed by atoms with E-state index in [0.29, 0.717) is 13.1 Å². The maximum atomic E-state index is 12.5. The molecule has 0 saturated carbocycles. The average molecular weight is 392 g/mol. The maximum Gasteiger partial charge on any atom is 0.247 e. The first kappa shape index (κ1) is 15.8. The second kappa shape index (κ2) is 7.48. The van der Waals surface area contributed by atoms with E-state index in [4.69, 9.17) is 8.83 Å². The summed E-state index contributed by atoms with van der Waals surface area (Å²) in [4.78, 5) is 15.2. The molecule has 4 nitrogen and oxygen atoms in total. The van der Waals surface area contributed by atoms with E-state index in [0.717, 1.165) is 20.2 Å². The predicted octanol–water partition coefficient (Wildman–Crippen LogP) is 4.94. The minimum Gasteiger partial charge on any atom is -0.467 e. The normalized spacial score (nSPS) is 11.2. The molecule has 0 N–H and O–H groups in total. The van der Waals surface area contributed by atoms with Gasteiger partial charge in [-0.05, 0) is 58.4 Å². The van der Waals surface area contributed by atoms with Crippen LogP contribution in [-0.2, 0) is 17.9 Å². The Morgan fingerprint density at radius 3 is 2.22 bits per heavy atom. The number of hydrogen-bond donors (Lipinski definition) is 0. The molecule has 0 aliphatic rings. The van der Waals surface area contributed by atoms with Gasteiger partial charge >= 0.3 is 0 Å². The zero-order valence-electron chi connectivity index (χ0n) is 12.1. The number of halogens is 1. The van der Waals surface area contributed by atoms with Crippen molar-refractivity contribution in [3.05, 3.63) is 75.2 Å². The van der Waals surface area contributed by atoms with Crippen molar-refractivity contribution in [1.82, 2.24) is 4.90 Å². The van der Waals surface area contributed by atoms with Crippen LogP contribution in [0.15, 0.2) is 67.6 Å². The predicted molar refractivity (Wildman–Crippen MR) is 92.7 cm³/mol. The number of hydrogen-bond acceptors (Lipinski definition) is 4. The smallest absolute Gasteiger partial charge is 0.247 e. The van der Waals surface area contributed by atoms with E-state index in [2.05, 4.69) is 15.9 Å². The average Bonchev–Trinajstić information content (AvgIpc) is 3.27. The van der Waals surface area contributed by atoms with Crippen molar-refractivity contribution in [2.24, 2.45) is 0 Å². The van der Waals surface area contributed by atoms with Gasteiger partial charge in [0.2, 0.25) is 5.91 Å². The van der Waals surface area contributed by atoms with Crippen molar-refractivity contribution in [1.29, 1.82) is 0 Å². The molecule has 0 aliphatic carbocycles. The third-order valence-corrected chi connectivity index (χ3v) is 4.74. The van der Waals surface area contributed by atoms with Gasteiger partial charge in [0.15, 0.2) is 0 Å². The molecule has 3 aromatic rings. The van der Waals surface area contributed by atoms with Crippen LogP contribution in [-0.4, -0.2) is 10.8 Å². The summed E-state index contributed by atoms with van der Waals surface area (Å²) in [6.07, 6.45) is 6.59. The van der Waals surface area contributed by atoms with E-state index in [-0.39, 0.29) is 5.91 Å². The fourth-order valence-corrected chi connectivity index (χ4v) is 3.40. The number of amides is 1. The molecule has 0 spiro atoms. The molecular weight excluding hydrogens is 378 g/mol.